The van der Waals surface area contributed by atoms with Crippen LogP contribution in [0.2, 0.25) is 0 Å². The maximum absolute atomic E-state index is 9.37. The lowest BCUT2D eigenvalue weighted by Gasteiger charge is -2.16. The molecule has 0 bridgehead atoms. The van der Waals surface area contributed by atoms with Crippen molar-refractivity contribution >= 4 is 17.1 Å². The molecule has 0 aromatic rings. The number of thiocarbonyl (C=S) groups is 1. The van der Waals surface area contributed by atoms with Crippen molar-refractivity contribution in [1.82, 2.24) is 0 Å². The van der Waals surface area contributed by atoms with E-state index in [1.807, 2.05) is 26.0 Å². The SMILES string of the molecule is CC1=CC=C(C)C(O)C1=S. The Kier molecular flexibility index (Phi) is 2.02. The average Bonchev–Trinajstić information content (AvgIpc) is 1.93. The minimum atomic E-state index is -0.528. The highest BCUT2D eigenvalue weighted by Gasteiger charge is 2.16. The summed E-state index contributed by atoms with van der Waals surface area (Å²) in [5.74, 6) is 0. The standard InChI is InChI=1S/C8H10OS/c1-5-3-4-6(2)8(10)7(5)9/h3-4,7,9H,1-2H3. The third-order valence-electron chi connectivity index (χ3n) is 1.66. The Bertz CT molecular complexity index is 223. The Morgan fingerprint density at radius 2 is 2.00 bits per heavy atom. The molecule has 0 aromatic heterocycles. The van der Waals surface area contributed by atoms with Gasteiger partial charge in [-0.15, -0.1) is 0 Å². The van der Waals surface area contributed by atoms with Crippen molar-refractivity contribution in [3.05, 3.63) is 23.3 Å². The van der Waals surface area contributed by atoms with Crippen molar-refractivity contribution in [2.24, 2.45) is 0 Å². The molecule has 0 amide bonds. The molecule has 0 aliphatic heterocycles. The van der Waals surface area contributed by atoms with Crippen molar-refractivity contribution in [3.63, 3.8) is 0 Å². The zero-order valence-corrected chi connectivity index (χ0v) is 6.90. The highest BCUT2D eigenvalue weighted by Crippen LogP contribution is 2.15. The lowest BCUT2D eigenvalue weighted by atomic mass is 9.98. The van der Waals surface area contributed by atoms with Crippen LogP contribution in [-0.4, -0.2) is 16.1 Å². The number of rotatable bonds is 0. The fourth-order valence-corrected chi connectivity index (χ4v) is 1.11. The number of hydrogen-bond donors (Lipinski definition) is 1. The van der Waals surface area contributed by atoms with Crippen LogP contribution in [0, 0.1) is 0 Å². The van der Waals surface area contributed by atoms with Crippen molar-refractivity contribution in [2.75, 3.05) is 0 Å². The molecule has 0 saturated heterocycles. The van der Waals surface area contributed by atoms with Gasteiger partial charge in [0.1, 0.15) is 6.10 Å². The van der Waals surface area contributed by atoms with E-state index in [0.717, 1.165) is 11.1 Å². The molecule has 54 valence electrons. The Labute approximate surface area is 66.1 Å². The van der Waals surface area contributed by atoms with Crippen LogP contribution in [0.15, 0.2) is 23.3 Å². The van der Waals surface area contributed by atoms with Crippen LogP contribution in [0.1, 0.15) is 13.8 Å². The van der Waals surface area contributed by atoms with Gasteiger partial charge in [-0.05, 0) is 25.0 Å². The van der Waals surface area contributed by atoms with Crippen LogP contribution in [0.25, 0.3) is 0 Å². The van der Waals surface area contributed by atoms with Gasteiger partial charge in [-0.2, -0.15) is 0 Å². The maximum atomic E-state index is 9.37. The number of aliphatic hydroxyl groups excluding tert-OH is 1. The monoisotopic (exact) mass is 154 g/mol. The first-order valence-electron chi connectivity index (χ1n) is 3.20. The van der Waals surface area contributed by atoms with Gasteiger partial charge in [0.05, 0.1) is 4.86 Å². The molecule has 1 aliphatic carbocycles. The van der Waals surface area contributed by atoms with Crippen molar-refractivity contribution < 1.29 is 5.11 Å². The third kappa shape index (κ3) is 1.18. The summed E-state index contributed by atoms with van der Waals surface area (Å²) >= 11 is 4.97. The quantitative estimate of drug-likeness (QED) is 0.535. The van der Waals surface area contributed by atoms with Crippen LogP contribution in [0.3, 0.4) is 0 Å². The normalized spacial score (nSPS) is 25.9. The van der Waals surface area contributed by atoms with Crippen molar-refractivity contribution in [1.29, 1.82) is 0 Å². The third-order valence-corrected chi connectivity index (χ3v) is 2.21. The van der Waals surface area contributed by atoms with Gasteiger partial charge in [0.25, 0.3) is 0 Å². The second-order valence-corrected chi connectivity index (χ2v) is 2.97. The lowest BCUT2D eigenvalue weighted by molar-refractivity contribution is 0.279. The summed E-state index contributed by atoms with van der Waals surface area (Å²) in [5, 5.41) is 9.37. The minimum Gasteiger partial charge on any atom is -0.383 e. The van der Waals surface area contributed by atoms with Gasteiger partial charge < -0.3 is 5.11 Å². The Balaban J connectivity index is 2.97. The van der Waals surface area contributed by atoms with Gasteiger partial charge in [-0.3, -0.25) is 0 Å². The highest BCUT2D eigenvalue weighted by molar-refractivity contribution is 7.81. The predicted molar refractivity (Wildman–Crippen MR) is 46.1 cm³/mol. The summed E-state index contributed by atoms with van der Waals surface area (Å²) in [6, 6.07) is 0. The molecule has 0 saturated carbocycles. The molecule has 10 heavy (non-hydrogen) atoms. The van der Waals surface area contributed by atoms with Crippen LogP contribution in [-0.2, 0) is 0 Å². The van der Waals surface area contributed by atoms with E-state index in [-0.39, 0.29) is 0 Å². The molecule has 0 aromatic carbocycles. The van der Waals surface area contributed by atoms with Gasteiger partial charge in [-0.25, -0.2) is 0 Å². The Morgan fingerprint density at radius 1 is 1.40 bits per heavy atom. The topological polar surface area (TPSA) is 20.2 Å². The summed E-state index contributed by atoms with van der Waals surface area (Å²) < 4.78 is 0. The second kappa shape index (κ2) is 2.64. The van der Waals surface area contributed by atoms with E-state index in [0.29, 0.717) is 4.86 Å². The summed E-state index contributed by atoms with van der Waals surface area (Å²) in [5.41, 5.74) is 1.92. The van der Waals surface area contributed by atoms with Crippen LogP contribution >= 0.6 is 12.2 Å². The molecule has 0 radical (unpaired) electrons. The largest absolute Gasteiger partial charge is 0.383 e. The van der Waals surface area contributed by atoms with E-state index in [9.17, 15) is 5.11 Å². The molecule has 1 aliphatic rings. The Morgan fingerprint density at radius 3 is 2.50 bits per heavy atom. The number of hydrogen-bond acceptors (Lipinski definition) is 2. The first kappa shape index (κ1) is 7.63. The predicted octanol–water partition coefficient (Wildman–Crippen LogP) is 1.62. The fraction of sp³-hybridized carbons (Fsp3) is 0.375. The zero-order chi connectivity index (χ0) is 7.72. The smallest absolute Gasteiger partial charge is 0.110 e. The lowest BCUT2D eigenvalue weighted by Crippen LogP contribution is -2.22. The number of allylic oxidation sites excluding steroid dienone is 2. The summed E-state index contributed by atoms with van der Waals surface area (Å²) in [6.07, 6.45) is 3.31. The summed E-state index contributed by atoms with van der Waals surface area (Å²) in [7, 11) is 0. The molecule has 1 rings (SSSR count). The molecule has 0 spiro atoms. The molecule has 1 unspecified atom stereocenters. The van der Waals surface area contributed by atoms with Crippen LogP contribution in [0.5, 0.6) is 0 Å². The molecular weight excluding hydrogens is 144 g/mol. The first-order chi connectivity index (χ1) is 4.63. The second-order valence-electron chi connectivity index (χ2n) is 2.53. The average molecular weight is 154 g/mol. The zero-order valence-electron chi connectivity index (χ0n) is 6.09. The first-order valence-corrected chi connectivity index (χ1v) is 3.61. The molecule has 1 N–H and O–H groups in total. The van der Waals surface area contributed by atoms with Crippen LogP contribution in [0.4, 0.5) is 0 Å². The molecule has 2 heteroatoms. The Hall–Kier alpha value is -0.470. The van der Waals surface area contributed by atoms with Gasteiger partial charge in [0.2, 0.25) is 0 Å². The van der Waals surface area contributed by atoms with E-state index in [2.05, 4.69) is 0 Å². The van der Waals surface area contributed by atoms with E-state index in [4.69, 9.17) is 12.2 Å². The minimum absolute atomic E-state index is 0.528. The number of aliphatic hydroxyl groups is 1. The fourth-order valence-electron chi connectivity index (χ4n) is 0.852. The van der Waals surface area contributed by atoms with E-state index < -0.39 is 6.10 Å². The van der Waals surface area contributed by atoms with Gasteiger partial charge in [0.15, 0.2) is 0 Å². The summed E-state index contributed by atoms with van der Waals surface area (Å²) in [4.78, 5) is 0.653. The molecular formula is C8H10OS. The molecule has 1 nitrogen and oxygen atoms in total. The summed E-state index contributed by atoms with van der Waals surface area (Å²) in [6.45, 7) is 3.79. The van der Waals surface area contributed by atoms with Crippen molar-refractivity contribution in [3.8, 4) is 0 Å². The van der Waals surface area contributed by atoms with E-state index in [1.165, 1.54) is 0 Å². The van der Waals surface area contributed by atoms with Crippen LogP contribution < -0.4 is 0 Å². The van der Waals surface area contributed by atoms with E-state index in [1.54, 1.807) is 0 Å². The highest BCUT2D eigenvalue weighted by atomic mass is 32.1. The molecule has 0 heterocycles. The van der Waals surface area contributed by atoms with Gasteiger partial charge in [-0.1, -0.05) is 24.4 Å². The van der Waals surface area contributed by atoms with Crippen molar-refractivity contribution in [2.45, 2.75) is 20.0 Å². The molecule has 1 atom stereocenters. The maximum Gasteiger partial charge on any atom is 0.110 e. The van der Waals surface area contributed by atoms with Gasteiger partial charge in [0, 0.05) is 0 Å². The van der Waals surface area contributed by atoms with E-state index >= 15 is 0 Å². The van der Waals surface area contributed by atoms with Gasteiger partial charge >= 0.3 is 0 Å². The molecule has 0 fully saturated rings.